The van der Waals surface area contributed by atoms with E-state index in [4.69, 9.17) is 9.47 Å². The molecule has 5 aliphatic rings. The van der Waals surface area contributed by atoms with Gasteiger partial charge >= 0.3 is 0 Å². The summed E-state index contributed by atoms with van der Waals surface area (Å²) in [7, 11) is 0. The minimum absolute atomic E-state index is 0.0299. The van der Waals surface area contributed by atoms with Gasteiger partial charge < -0.3 is 14.6 Å². The fourth-order valence-corrected chi connectivity index (χ4v) is 7.91. The number of hydrogen-bond donors (Lipinski definition) is 1. The number of aliphatic hydroxyl groups excluding tert-OH is 1. The van der Waals surface area contributed by atoms with Crippen LogP contribution in [-0.4, -0.2) is 30.2 Å². The zero-order chi connectivity index (χ0) is 18.4. The van der Waals surface area contributed by atoms with Crippen LogP contribution in [0.4, 0.5) is 0 Å². The van der Waals surface area contributed by atoms with Crippen LogP contribution in [0.3, 0.4) is 0 Å². The molecule has 3 saturated carbocycles. The summed E-state index contributed by atoms with van der Waals surface area (Å²) in [6, 6.07) is 0. The molecular formula is C24H38O3. The van der Waals surface area contributed by atoms with Crippen molar-refractivity contribution in [3.63, 3.8) is 0 Å². The molecule has 27 heavy (non-hydrogen) atoms. The standard InChI is InChI=1S/C24H38O3/c1-2-24-13-12-18-17-8-4-3-7-16(17)10-11-19(18)23(24)20(15-21(24)25)27-22-9-5-6-14-26-22/h7,17-23,25H,2-6,8-15H2,1H3/t17-,18+,19+,20-,21-,22?,23+,24+/m0/s1. The minimum atomic E-state index is -0.190. The molecule has 0 amide bonds. The number of allylic oxidation sites excluding steroid dienone is 2. The summed E-state index contributed by atoms with van der Waals surface area (Å²) < 4.78 is 12.5. The molecule has 4 fully saturated rings. The number of ether oxygens (including phenoxy) is 2. The molecule has 0 bridgehead atoms. The molecule has 3 nitrogen and oxygen atoms in total. The van der Waals surface area contributed by atoms with Crippen LogP contribution in [0.1, 0.15) is 84.0 Å². The second-order valence-electron chi connectivity index (χ2n) is 10.1. The van der Waals surface area contributed by atoms with E-state index in [2.05, 4.69) is 13.0 Å². The summed E-state index contributed by atoms with van der Waals surface area (Å²) in [5.74, 6) is 2.94. The number of aliphatic hydroxyl groups is 1. The lowest BCUT2D eigenvalue weighted by molar-refractivity contribution is -0.209. The van der Waals surface area contributed by atoms with Gasteiger partial charge in [-0.2, -0.15) is 0 Å². The topological polar surface area (TPSA) is 38.7 Å². The van der Waals surface area contributed by atoms with Crippen molar-refractivity contribution in [2.24, 2.45) is 29.1 Å². The fraction of sp³-hybridized carbons (Fsp3) is 0.917. The normalized spacial score (nSPS) is 49.7. The lowest BCUT2D eigenvalue weighted by atomic mass is 9.51. The van der Waals surface area contributed by atoms with Crippen molar-refractivity contribution < 1.29 is 14.6 Å². The molecule has 8 atom stereocenters. The van der Waals surface area contributed by atoms with Gasteiger partial charge in [0.25, 0.3) is 0 Å². The number of fused-ring (bicyclic) bond motifs is 5. The minimum Gasteiger partial charge on any atom is -0.392 e. The van der Waals surface area contributed by atoms with Crippen molar-refractivity contribution in [2.75, 3.05) is 6.61 Å². The predicted molar refractivity (Wildman–Crippen MR) is 106 cm³/mol. The van der Waals surface area contributed by atoms with Gasteiger partial charge in [-0.25, -0.2) is 0 Å². The molecule has 1 saturated heterocycles. The highest BCUT2D eigenvalue weighted by molar-refractivity contribution is 5.19. The highest BCUT2D eigenvalue weighted by Crippen LogP contribution is 2.63. The third kappa shape index (κ3) is 3.04. The van der Waals surface area contributed by atoms with Crippen LogP contribution in [0.5, 0.6) is 0 Å². The van der Waals surface area contributed by atoms with E-state index in [1.807, 2.05) is 0 Å². The molecule has 0 aromatic carbocycles. The molecule has 1 aliphatic heterocycles. The Labute approximate surface area is 164 Å². The van der Waals surface area contributed by atoms with E-state index in [0.29, 0.717) is 5.92 Å². The first-order valence-corrected chi connectivity index (χ1v) is 11.9. The van der Waals surface area contributed by atoms with Crippen molar-refractivity contribution in [3.8, 4) is 0 Å². The molecular weight excluding hydrogens is 336 g/mol. The van der Waals surface area contributed by atoms with Gasteiger partial charge in [0.05, 0.1) is 12.2 Å². The van der Waals surface area contributed by atoms with E-state index >= 15 is 0 Å². The van der Waals surface area contributed by atoms with Gasteiger partial charge in [-0.1, -0.05) is 18.6 Å². The molecule has 5 rings (SSSR count). The van der Waals surface area contributed by atoms with Crippen LogP contribution < -0.4 is 0 Å². The van der Waals surface area contributed by atoms with E-state index < -0.39 is 0 Å². The Morgan fingerprint density at radius 1 is 1.15 bits per heavy atom. The van der Waals surface area contributed by atoms with Gasteiger partial charge in [0, 0.05) is 18.4 Å². The van der Waals surface area contributed by atoms with Crippen LogP contribution in [0.25, 0.3) is 0 Å². The van der Waals surface area contributed by atoms with E-state index in [0.717, 1.165) is 50.0 Å². The van der Waals surface area contributed by atoms with Crippen LogP contribution in [-0.2, 0) is 9.47 Å². The maximum atomic E-state index is 11.2. The van der Waals surface area contributed by atoms with Gasteiger partial charge in [-0.05, 0) is 94.3 Å². The Kier molecular flexibility index (Phi) is 5.15. The zero-order valence-corrected chi connectivity index (χ0v) is 17.1. The van der Waals surface area contributed by atoms with Crippen LogP contribution >= 0.6 is 0 Å². The van der Waals surface area contributed by atoms with Crippen LogP contribution in [0.15, 0.2) is 11.6 Å². The molecule has 152 valence electrons. The summed E-state index contributed by atoms with van der Waals surface area (Å²) in [6.45, 7) is 3.15. The molecule has 1 heterocycles. The smallest absolute Gasteiger partial charge is 0.157 e. The summed E-state index contributed by atoms with van der Waals surface area (Å²) >= 11 is 0. The second kappa shape index (κ2) is 7.46. The maximum absolute atomic E-state index is 11.2. The first-order chi connectivity index (χ1) is 13.2. The molecule has 0 aromatic heterocycles. The lowest BCUT2D eigenvalue weighted by Gasteiger charge is -2.55. The third-order valence-corrected chi connectivity index (χ3v) is 9.15. The first-order valence-electron chi connectivity index (χ1n) is 11.9. The third-order valence-electron chi connectivity index (χ3n) is 9.15. The molecule has 0 aromatic rings. The predicted octanol–water partition coefficient (Wildman–Crippen LogP) is 5.22. The highest BCUT2D eigenvalue weighted by atomic mass is 16.7. The van der Waals surface area contributed by atoms with E-state index in [1.165, 1.54) is 51.4 Å². The fourth-order valence-electron chi connectivity index (χ4n) is 7.91. The molecule has 1 N–H and O–H groups in total. The Hall–Kier alpha value is -0.380. The van der Waals surface area contributed by atoms with Crippen LogP contribution in [0, 0.1) is 29.1 Å². The summed E-state index contributed by atoms with van der Waals surface area (Å²) in [5.41, 5.74) is 1.87. The van der Waals surface area contributed by atoms with Crippen molar-refractivity contribution in [2.45, 2.75) is 102 Å². The zero-order valence-electron chi connectivity index (χ0n) is 17.1. The maximum Gasteiger partial charge on any atom is 0.157 e. The summed E-state index contributed by atoms with van der Waals surface area (Å²) in [5, 5.41) is 11.2. The van der Waals surface area contributed by atoms with Crippen molar-refractivity contribution >= 4 is 0 Å². The summed E-state index contributed by atoms with van der Waals surface area (Å²) in [6.07, 6.45) is 17.1. The van der Waals surface area contributed by atoms with Gasteiger partial charge in [-0.15, -0.1) is 0 Å². The molecule has 0 spiro atoms. The molecule has 3 heteroatoms. The number of hydrogen-bond acceptors (Lipinski definition) is 3. The lowest BCUT2D eigenvalue weighted by Crippen LogP contribution is -2.51. The Bertz CT molecular complexity index is 566. The molecule has 4 aliphatic carbocycles. The van der Waals surface area contributed by atoms with Crippen molar-refractivity contribution in [1.29, 1.82) is 0 Å². The van der Waals surface area contributed by atoms with Crippen molar-refractivity contribution in [3.05, 3.63) is 11.6 Å². The van der Waals surface area contributed by atoms with Crippen molar-refractivity contribution in [1.82, 2.24) is 0 Å². The van der Waals surface area contributed by atoms with E-state index in [-0.39, 0.29) is 23.9 Å². The Morgan fingerprint density at radius 3 is 2.89 bits per heavy atom. The Balaban J connectivity index is 1.42. The highest BCUT2D eigenvalue weighted by Gasteiger charge is 2.61. The Morgan fingerprint density at radius 2 is 2.07 bits per heavy atom. The molecule has 1 unspecified atom stereocenters. The quantitative estimate of drug-likeness (QED) is 0.688. The van der Waals surface area contributed by atoms with E-state index in [9.17, 15) is 5.11 Å². The van der Waals surface area contributed by atoms with Gasteiger partial charge in [0.15, 0.2) is 6.29 Å². The van der Waals surface area contributed by atoms with Gasteiger partial charge in [0.2, 0.25) is 0 Å². The average molecular weight is 375 g/mol. The monoisotopic (exact) mass is 374 g/mol. The molecule has 0 radical (unpaired) electrons. The SMILES string of the molecule is CC[C@]12CC[C@H]3[C@@H](CCC4=CCCC[C@@H]43)[C@@H]1[C@@H](OC1CCCCO1)C[C@@H]2O. The first kappa shape index (κ1) is 18.6. The van der Waals surface area contributed by atoms with E-state index in [1.54, 1.807) is 5.57 Å². The van der Waals surface area contributed by atoms with Gasteiger partial charge in [-0.3, -0.25) is 0 Å². The van der Waals surface area contributed by atoms with Crippen LogP contribution in [0.2, 0.25) is 0 Å². The largest absolute Gasteiger partial charge is 0.392 e. The summed E-state index contributed by atoms with van der Waals surface area (Å²) in [4.78, 5) is 0. The number of rotatable bonds is 3. The average Bonchev–Trinajstić information content (AvgIpc) is 3.00. The second-order valence-corrected chi connectivity index (χ2v) is 10.1. The van der Waals surface area contributed by atoms with Gasteiger partial charge in [0.1, 0.15) is 0 Å².